The van der Waals surface area contributed by atoms with Crippen molar-refractivity contribution in [1.29, 1.82) is 0 Å². The third-order valence-electron chi connectivity index (χ3n) is 4.77. The predicted molar refractivity (Wildman–Crippen MR) is 126 cm³/mol. The molecule has 2 rings (SSSR count). The van der Waals surface area contributed by atoms with E-state index in [2.05, 4.69) is 23.1 Å². The quantitative estimate of drug-likeness (QED) is 0.143. The van der Waals surface area contributed by atoms with E-state index in [4.69, 9.17) is 9.47 Å². The number of aliphatic hydroxyl groups excluding tert-OH is 2. The van der Waals surface area contributed by atoms with Crippen LogP contribution in [0.1, 0.15) is 9.88 Å². The number of nitrogens with zero attached hydrogens (tertiary/aromatic N) is 2. The molecule has 186 valence electrons. The third-order valence-corrected chi connectivity index (χ3v) is 13.4. The molecule has 0 aliphatic heterocycles. The number of nitrogens with one attached hydrogen (secondary N) is 2. The van der Waals surface area contributed by atoms with Crippen LogP contribution in [0.25, 0.3) is 0 Å². The molecule has 0 fully saturated rings. The summed E-state index contributed by atoms with van der Waals surface area (Å²) in [4.78, 5) is 51.2. The second-order valence-electron chi connectivity index (χ2n) is 6.86. The Balaban J connectivity index is 2.56. The number of rotatable bonds is 13. The van der Waals surface area contributed by atoms with Crippen LogP contribution in [-0.2, 0) is 9.47 Å². The van der Waals surface area contributed by atoms with Crippen LogP contribution >= 0.6 is 0 Å². The van der Waals surface area contributed by atoms with Crippen LogP contribution in [0, 0.1) is 0 Å². The molecule has 0 saturated heterocycles. The van der Waals surface area contributed by atoms with Gasteiger partial charge in [0.25, 0.3) is 0 Å². The van der Waals surface area contributed by atoms with Gasteiger partial charge in [-0.2, -0.15) is 0 Å². The summed E-state index contributed by atoms with van der Waals surface area (Å²) in [6.07, 6.45) is 1.06. The molecule has 4 N–H and O–H groups in total. The van der Waals surface area contributed by atoms with Crippen LogP contribution in [0.15, 0.2) is 69.0 Å². The summed E-state index contributed by atoms with van der Waals surface area (Å²) in [5, 5.41) is 20.9. The minimum atomic E-state index is -1.14. The zero-order chi connectivity index (χ0) is 25.4. The molecule has 34 heavy (non-hydrogen) atoms. The van der Waals surface area contributed by atoms with Crippen molar-refractivity contribution in [1.82, 2.24) is 19.1 Å². The van der Waals surface area contributed by atoms with Gasteiger partial charge in [-0.3, -0.25) is 0 Å². The van der Waals surface area contributed by atoms with Gasteiger partial charge in [0.2, 0.25) is 0 Å². The number of aliphatic hydroxyl groups is 2. The van der Waals surface area contributed by atoms with E-state index in [1.54, 1.807) is 0 Å². The van der Waals surface area contributed by atoms with Crippen LogP contribution in [0.3, 0.4) is 0 Å². The Hall–Kier alpha value is -2.28. The molecular formula is C20H26N4O8Se2. The van der Waals surface area contributed by atoms with Crippen LogP contribution in [0.4, 0.5) is 0 Å². The maximum absolute atomic E-state index is 12.6. The standard InChI is InChI=1S/C20H26N4O8Se2/c1-5-11(25)15(31-3)17(23-9-7-13(27)21-19(23)29)33-34-18(16(32-4)12(26)6-2)24-10-8-14(28)22-20(24)30/h5-12,15-18,25-26H,1-2H2,3-4H3,(H,21,27,29)(H,22,28,30). The molecule has 12 nitrogen and oxygen atoms in total. The van der Waals surface area contributed by atoms with Crippen LogP contribution in [-0.4, -0.2) is 94.2 Å². The van der Waals surface area contributed by atoms with Crippen LogP contribution in [0.2, 0.25) is 0 Å². The molecule has 0 saturated carbocycles. The summed E-state index contributed by atoms with van der Waals surface area (Å²) in [5.41, 5.74) is -2.55. The summed E-state index contributed by atoms with van der Waals surface area (Å²) in [5.74, 6) is 0. The molecule has 0 bridgehead atoms. The van der Waals surface area contributed by atoms with Gasteiger partial charge in [-0.1, -0.05) is 0 Å². The molecule has 0 aliphatic rings. The first-order chi connectivity index (χ1) is 16.2. The van der Waals surface area contributed by atoms with E-state index < -0.39 is 83.1 Å². The van der Waals surface area contributed by atoms with Gasteiger partial charge in [-0.15, -0.1) is 0 Å². The van der Waals surface area contributed by atoms with E-state index in [9.17, 15) is 29.4 Å². The Bertz CT molecular complexity index is 1110. The number of methoxy groups -OCH3 is 2. The average molecular weight is 608 g/mol. The Labute approximate surface area is 204 Å². The van der Waals surface area contributed by atoms with Gasteiger partial charge in [0.05, 0.1) is 0 Å². The normalized spacial score (nSPS) is 16.7. The van der Waals surface area contributed by atoms with E-state index in [1.807, 2.05) is 0 Å². The molecule has 2 heterocycles. The fraction of sp³-hybridized carbons (Fsp3) is 0.400. The molecular weight excluding hydrogens is 582 g/mol. The minimum absolute atomic E-state index is 0.544. The predicted octanol–water partition coefficient (Wildman–Crippen LogP) is -2.47. The second-order valence-corrected chi connectivity index (χ2v) is 13.9. The molecule has 2 aromatic rings. The van der Waals surface area contributed by atoms with Crippen molar-refractivity contribution < 1.29 is 19.7 Å². The van der Waals surface area contributed by atoms with Crippen molar-refractivity contribution in [3.8, 4) is 0 Å². The topological polar surface area (TPSA) is 169 Å². The number of ether oxygens (including phenoxy) is 2. The monoisotopic (exact) mass is 610 g/mol. The van der Waals surface area contributed by atoms with E-state index in [-0.39, 0.29) is 0 Å². The third kappa shape index (κ3) is 6.65. The van der Waals surface area contributed by atoms with Crippen molar-refractivity contribution in [2.75, 3.05) is 14.2 Å². The fourth-order valence-electron chi connectivity index (χ4n) is 3.01. The van der Waals surface area contributed by atoms with Crippen molar-refractivity contribution in [3.05, 3.63) is 91.5 Å². The molecule has 2 aromatic heterocycles. The van der Waals surface area contributed by atoms with Gasteiger partial charge in [-0.25, -0.2) is 0 Å². The summed E-state index contributed by atoms with van der Waals surface area (Å²) < 4.78 is 13.5. The van der Waals surface area contributed by atoms with Crippen LogP contribution < -0.4 is 22.5 Å². The molecule has 0 amide bonds. The Morgan fingerprint density at radius 2 is 1.18 bits per heavy atom. The van der Waals surface area contributed by atoms with Crippen molar-refractivity contribution in [2.24, 2.45) is 0 Å². The van der Waals surface area contributed by atoms with Crippen molar-refractivity contribution in [3.63, 3.8) is 0 Å². The Morgan fingerprint density at radius 1 is 0.824 bits per heavy atom. The van der Waals surface area contributed by atoms with E-state index in [0.29, 0.717) is 0 Å². The molecule has 14 heteroatoms. The second kappa shape index (κ2) is 13.0. The van der Waals surface area contributed by atoms with Gasteiger partial charge in [0, 0.05) is 0 Å². The van der Waals surface area contributed by atoms with Gasteiger partial charge in [0.15, 0.2) is 0 Å². The van der Waals surface area contributed by atoms with Crippen LogP contribution in [0.5, 0.6) is 0 Å². The Morgan fingerprint density at radius 3 is 1.44 bits per heavy atom. The first-order valence-corrected chi connectivity index (χ1v) is 16.1. The number of aromatic amines is 2. The number of hydrogen-bond donors (Lipinski definition) is 4. The van der Waals surface area contributed by atoms with E-state index >= 15 is 0 Å². The van der Waals surface area contributed by atoms with E-state index in [0.717, 1.165) is 0 Å². The zero-order valence-electron chi connectivity index (χ0n) is 18.4. The Kier molecular flexibility index (Phi) is 10.7. The zero-order valence-corrected chi connectivity index (χ0v) is 21.8. The summed E-state index contributed by atoms with van der Waals surface area (Å²) in [6.45, 7) is 7.15. The molecule has 0 aliphatic carbocycles. The molecule has 6 atom stereocenters. The van der Waals surface area contributed by atoms with Gasteiger partial charge in [-0.05, 0) is 0 Å². The molecule has 0 aromatic carbocycles. The first kappa shape index (κ1) is 28.0. The van der Waals surface area contributed by atoms with Gasteiger partial charge in [0.1, 0.15) is 0 Å². The average Bonchev–Trinajstić information content (AvgIpc) is 2.81. The summed E-state index contributed by atoms with van der Waals surface area (Å²) >= 11 is -1.09. The summed E-state index contributed by atoms with van der Waals surface area (Å²) in [7, 11) is 2.74. The SMILES string of the molecule is C=CC(O)C(OC)C([Se][Se]C(C(OC)C(O)C=C)n1ccc(=O)[nH]c1=O)n1ccc(=O)[nH]c1=O. The fourth-order valence-corrected chi connectivity index (χ4v) is 13.1. The number of H-pyrrole nitrogens is 2. The summed E-state index contributed by atoms with van der Waals surface area (Å²) in [6, 6.07) is 2.35. The van der Waals surface area contributed by atoms with E-state index in [1.165, 1.54) is 60.0 Å². The number of hydrogen-bond acceptors (Lipinski definition) is 8. The maximum atomic E-state index is 12.6. The van der Waals surface area contributed by atoms with Gasteiger partial charge < -0.3 is 0 Å². The molecule has 0 radical (unpaired) electrons. The van der Waals surface area contributed by atoms with Crippen molar-refractivity contribution in [2.45, 2.75) is 34.3 Å². The molecule has 6 unspecified atom stereocenters. The first-order valence-electron chi connectivity index (χ1n) is 9.80. The number of aromatic nitrogens is 4. The van der Waals surface area contributed by atoms with Gasteiger partial charge >= 0.3 is 205 Å². The van der Waals surface area contributed by atoms with Crippen molar-refractivity contribution >= 4 is 26.3 Å². The molecule has 0 spiro atoms.